The zero-order chi connectivity index (χ0) is 17.6. The number of hydrogen-bond donors (Lipinski definition) is 1. The molecule has 6 heteroatoms. The van der Waals surface area contributed by atoms with E-state index in [1.54, 1.807) is 28.8 Å². The number of amides is 2. The Labute approximate surface area is 151 Å². The normalized spacial score (nSPS) is 15.2. The molecule has 2 heterocycles. The van der Waals surface area contributed by atoms with Crippen molar-refractivity contribution in [1.82, 2.24) is 10.2 Å². The molecular formula is C19H22N2O3S. The summed E-state index contributed by atoms with van der Waals surface area (Å²) in [6.07, 6.45) is 3.05. The fourth-order valence-corrected chi connectivity index (χ4v) is 3.55. The summed E-state index contributed by atoms with van der Waals surface area (Å²) in [7, 11) is 0. The smallest absolute Gasteiger partial charge is 0.289 e. The largest absolute Gasteiger partial charge is 0.459 e. The van der Waals surface area contributed by atoms with E-state index in [0.29, 0.717) is 24.6 Å². The standard InChI is InChI=1S/C19H22N2O3S/c1-14-4-6-16(7-5-14)25-13-18(22)20-15-8-10-21(11-9-15)19(23)17-3-2-12-24-17/h2-7,12,15H,8-11,13H2,1H3,(H,20,22). The van der Waals surface area contributed by atoms with E-state index in [4.69, 9.17) is 4.42 Å². The second-order valence-corrected chi connectivity index (χ2v) is 7.26. The van der Waals surface area contributed by atoms with Crippen LogP contribution in [-0.2, 0) is 4.79 Å². The van der Waals surface area contributed by atoms with Crippen LogP contribution < -0.4 is 5.32 Å². The number of piperidine rings is 1. The lowest BCUT2D eigenvalue weighted by Gasteiger charge is -2.31. The van der Waals surface area contributed by atoms with Crippen LogP contribution in [0.15, 0.2) is 52.0 Å². The van der Waals surface area contributed by atoms with Crippen LogP contribution in [0.25, 0.3) is 0 Å². The number of nitrogens with zero attached hydrogens (tertiary/aromatic N) is 1. The van der Waals surface area contributed by atoms with E-state index >= 15 is 0 Å². The maximum Gasteiger partial charge on any atom is 0.289 e. The Morgan fingerprint density at radius 1 is 1.20 bits per heavy atom. The van der Waals surface area contributed by atoms with E-state index in [2.05, 4.69) is 5.32 Å². The fraction of sp³-hybridized carbons (Fsp3) is 0.368. The third-order valence-corrected chi connectivity index (χ3v) is 5.28. The Balaban J connectivity index is 1.40. The highest BCUT2D eigenvalue weighted by Gasteiger charge is 2.25. The van der Waals surface area contributed by atoms with E-state index in [1.807, 2.05) is 31.2 Å². The number of hydrogen-bond acceptors (Lipinski definition) is 4. The molecule has 132 valence electrons. The Morgan fingerprint density at radius 3 is 2.56 bits per heavy atom. The average Bonchev–Trinajstić information content (AvgIpc) is 3.16. The van der Waals surface area contributed by atoms with Gasteiger partial charge in [0.15, 0.2) is 5.76 Å². The Kier molecular flexibility index (Phi) is 5.81. The highest BCUT2D eigenvalue weighted by atomic mass is 32.2. The van der Waals surface area contributed by atoms with Gasteiger partial charge in [0.2, 0.25) is 5.91 Å². The predicted octanol–water partition coefficient (Wildman–Crippen LogP) is 3.10. The zero-order valence-corrected chi connectivity index (χ0v) is 15.1. The first-order chi connectivity index (χ1) is 12.1. The quantitative estimate of drug-likeness (QED) is 0.834. The number of nitrogens with one attached hydrogen (secondary N) is 1. The number of likely N-dealkylation sites (tertiary alicyclic amines) is 1. The second kappa shape index (κ2) is 8.25. The molecule has 1 fully saturated rings. The van der Waals surface area contributed by atoms with Crippen molar-refractivity contribution < 1.29 is 14.0 Å². The first-order valence-electron chi connectivity index (χ1n) is 8.43. The van der Waals surface area contributed by atoms with Gasteiger partial charge in [0.25, 0.3) is 5.91 Å². The molecule has 1 aromatic heterocycles. The molecule has 0 unspecified atom stereocenters. The van der Waals surface area contributed by atoms with Crippen molar-refractivity contribution in [3.05, 3.63) is 54.0 Å². The molecule has 1 N–H and O–H groups in total. The Hall–Kier alpha value is -2.21. The molecule has 1 aliphatic heterocycles. The molecule has 3 rings (SSSR count). The van der Waals surface area contributed by atoms with Crippen LogP contribution in [0.3, 0.4) is 0 Å². The number of benzene rings is 1. The molecule has 0 bridgehead atoms. The van der Waals surface area contributed by atoms with Crippen molar-refractivity contribution in [3.63, 3.8) is 0 Å². The Morgan fingerprint density at radius 2 is 1.92 bits per heavy atom. The van der Waals surface area contributed by atoms with Crippen LogP contribution in [0, 0.1) is 6.92 Å². The van der Waals surface area contributed by atoms with Crippen molar-refractivity contribution >= 4 is 23.6 Å². The van der Waals surface area contributed by atoms with Gasteiger partial charge in [-0.05, 0) is 44.0 Å². The predicted molar refractivity (Wildman–Crippen MR) is 97.7 cm³/mol. The lowest BCUT2D eigenvalue weighted by Crippen LogP contribution is -2.46. The molecule has 0 radical (unpaired) electrons. The van der Waals surface area contributed by atoms with Crippen molar-refractivity contribution in [2.45, 2.75) is 30.7 Å². The zero-order valence-electron chi connectivity index (χ0n) is 14.2. The van der Waals surface area contributed by atoms with Crippen LogP contribution in [0.2, 0.25) is 0 Å². The van der Waals surface area contributed by atoms with Gasteiger partial charge >= 0.3 is 0 Å². The minimum absolute atomic E-state index is 0.0430. The number of carbonyl (C=O) groups excluding carboxylic acids is 2. The first-order valence-corrected chi connectivity index (χ1v) is 9.42. The van der Waals surface area contributed by atoms with Crippen LogP contribution in [0.5, 0.6) is 0 Å². The molecule has 0 atom stereocenters. The van der Waals surface area contributed by atoms with Crippen molar-refractivity contribution in [2.24, 2.45) is 0 Å². The molecule has 2 amide bonds. The topological polar surface area (TPSA) is 62.6 Å². The summed E-state index contributed by atoms with van der Waals surface area (Å²) >= 11 is 1.54. The monoisotopic (exact) mass is 358 g/mol. The summed E-state index contributed by atoms with van der Waals surface area (Å²) in [6, 6.07) is 11.7. The maximum absolute atomic E-state index is 12.2. The van der Waals surface area contributed by atoms with Gasteiger partial charge in [-0.15, -0.1) is 11.8 Å². The molecule has 1 saturated heterocycles. The highest BCUT2D eigenvalue weighted by molar-refractivity contribution is 8.00. The van der Waals surface area contributed by atoms with Gasteiger partial charge in [0.05, 0.1) is 12.0 Å². The van der Waals surface area contributed by atoms with Crippen LogP contribution >= 0.6 is 11.8 Å². The van der Waals surface area contributed by atoms with Crippen molar-refractivity contribution in [3.8, 4) is 0 Å². The minimum atomic E-state index is -0.0790. The van der Waals surface area contributed by atoms with E-state index in [1.165, 1.54) is 11.8 Å². The molecule has 0 saturated carbocycles. The first kappa shape index (κ1) is 17.6. The molecule has 1 aromatic carbocycles. The van der Waals surface area contributed by atoms with Gasteiger partial charge in [-0.25, -0.2) is 0 Å². The minimum Gasteiger partial charge on any atom is -0.459 e. The van der Waals surface area contributed by atoms with Gasteiger partial charge in [-0.2, -0.15) is 0 Å². The van der Waals surface area contributed by atoms with Crippen LogP contribution in [-0.4, -0.2) is 41.6 Å². The fourth-order valence-electron chi connectivity index (χ4n) is 2.84. The van der Waals surface area contributed by atoms with Gasteiger partial charge in [-0.1, -0.05) is 17.7 Å². The van der Waals surface area contributed by atoms with Crippen LogP contribution in [0.1, 0.15) is 29.0 Å². The highest BCUT2D eigenvalue weighted by Crippen LogP contribution is 2.19. The van der Waals surface area contributed by atoms with Crippen molar-refractivity contribution in [2.75, 3.05) is 18.8 Å². The molecule has 1 aliphatic rings. The van der Waals surface area contributed by atoms with E-state index in [0.717, 1.165) is 17.7 Å². The van der Waals surface area contributed by atoms with Gasteiger partial charge in [-0.3, -0.25) is 9.59 Å². The van der Waals surface area contributed by atoms with Crippen molar-refractivity contribution in [1.29, 1.82) is 0 Å². The number of aryl methyl sites for hydroxylation is 1. The SMILES string of the molecule is Cc1ccc(SCC(=O)NC2CCN(C(=O)c3ccco3)CC2)cc1. The van der Waals surface area contributed by atoms with E-state index in [9.17, 15) is 9.59 Å². The maximum atomic E-state index is 12.2. The molecule has 0 aliphatic carbocycles. The number of rotatable bonds is 5. The summed E-state index contributed by atoms with van der Waals surface area (Å²) in [5.74, 6) is 0.747. The molecule has 5 nitrogen and oxygen atoms in total. The average molecular weight is 358 g/mol. The summed E-state index contributed by atoms with van der Waals surface area (Å²) in [4.78, 5) is 27.2. The third kappa shape index (κ3) is 4.89. The molecule has 25 heavy (non-hydrogen) atoms. The Bertz CT molecular complexity index is 705. The molecular weight excluding hydrogens is 336 g/mol. The molecule has 0 spiro atoms. The summed E-state index contributed by atoms with van der Waals surface area (Å²) in [5, 5.41) is 3.07. The lowest BCUT2D eigenvalue weighted by atomic mass is 10.0. The summed E-state index contributed by atoms with van der Waals surface area (Å²) in [5.41, 5.74) is 1.21. The lowest BCUT2D eigenvalue weighted by molar-refractivity contribution is -0.119. The number of furan rings is 1. The number of carbonyl (C=O) groups is 2. The van der Waals surface area contributed by atoms with Crippen LogP contribution in [0.4, 0.5) is 0 Å². The van der Waals surface area contributed by atoms with Gasteiger partial charge < -0.3 is 14.6 Å². The van der Waals surface area contributed by atoms with Gasteiger partial charge in [0.1, 0.15) is 0 Å². The second-order valence-electron chi connectivity index (χ2n) is 6.21. The number of thioether (sulfide) groups is 1. The van der Waals surface area contributed by atoms with E-state index < -0.39 is 0 Å². The van der Waals surface area contributed by atoms with Gasteiger partial charge in [0, 0.05) is 24.0 Å². The van der Waals surface area contributed by atoms with E-state index in [-0.39, 0.29) is 17.9 Å². The third-order valence-electron chi connectivity index (χ3n) is 4.27. The summed E-state index contributed by atoms with van der Waals surface area (Å²) in [6.45, 7) is 3.31. The molecule has 2 aromatic rings. The summed E-state index contributed by atoms with van der Waals surface area (Å²) < 4.78 is 5.16.